The van der Waals surface area contributed by atoms with Crippen molar-refractivity contribution >= 4 is 28.5 Å². The van der Waals surface area contributed by atoms with E-state index in [-0.39, 0.29) is 6.42 Å². The van der Waals surface area contributed by atoms with Gasteiger partial charge in [-0.3, -0.25) is 4.79 Å². The van der Waals surface area contributed by atoms with Crippen molar-refractivity contribution in [2.75, 3.05) is 0 Å². The van der Waals surface area contributed by atoms with Crippen molar-refractivity contribution in [3.63, 3.8) is 0 Å². The number of carbonyl (C=O) groups is 1. The van der Waals surface area contributed by atoms with E-state index in [1.54, 1.807) is 0 Å². The maximum Gasteiger partial charge on any atom is 0.307 e. The molecule has 0 amide bonds. The van der Waals surface area contributed by atoms with E-state index in [9.17, 15) is 4.79 Å². The lowest BCUT2D eigenvalue weighted by molar-refractivity contribution is -0.136. The molecule has 0 spiro atoms. The number of carboxylic acids is 1. The molecule has 2 aromatic rings. The molecule has 84 valence electrons. The SMILES string of the molecule is Cc1cc2occ(CC(=O)O)c2c(C)c1Cl. The summed E-state index contributed by atoms with van der Waals surface area (Å²) in [5, 5.41) is 10.3. The van der Waals surface area contributed by atoms with Crippen LogP contribution in [0.3, 0.4) is 0 Å². The zero-order chi connectivity index (χ0) is 11.9. The predicted octanol–water partition coefficient (Wildman–Crippen LogP) is 3.33. The molecule has 0 atom stereocenters. The van der Waals surface area contributed by atoms with Gasteiger partial charge in [0.2, 0.25) is 0 Å². The molecule has 1 heterocycles. The van der Waals surface area contributed by atoms with Gasteiger partial charge in [0.15, 0.2) is 0 Å². The third kappa shape index (κ3) is 1.67. The summed E-state index contributed by atoms with van der Waals surface area (Å²) in [4.78, 5) is 10.7. The lowest BCUT2D eigenvalue weighted by Gasteiger charge is -2.04. The number of hydrogen-bond acceptors (Lipinski definition) is 2. The highest BCUT2D eigenvalue weighted by Gasteiger charge is 2.14. The highest BCUT2D eigenvalue weighted by atomic mass is 35.5. The summed E-state index contributed by atoms with van der Waals surface area (Å²) in [7, 11) is 0. The molecule has 0 saturated heterocycles. The van der Waals surface area contributed by atoms with E-state index in [0.29, 0.717) is 16.2 Å². The highest BCUT2D eigenvalue weighted by Crippen LogP contribution is 2.32. The van der Waals surface area contributed by atoms with E-state index >= 15 is 0 Å². The lowest BCUT2D eigenvalue weighted by atomic mass is 10.0. The molecule has 4 heteroatoms. The summed E-state index contributed by atoms with van der Waals surface area (Å²) in [6.45, 7) is 3.77. The van der Waals surface area contributed by atoms with Crippen LogP contribution in [0.2, 0.25) is 5.02 Å². The number of fused-ring (bicyclic) bond motifs is 1. The first kappa shape index (κ1) is 11.0. The van der Waals surface area contributed by atoms with Crippen molar-refractivity contribution in [2.45, 2.75) is 20.3 Å². The van der Waals surface area contributed by atoms with Crippen LogP contribution in [0.1, 0.15) is 16.7 Å². The quantitative estimate of drug-likeness (QED) is 0.873. The van der Waals surface area contributed by atoms with Gasteiger partial charge >= 0.3 is 5.97 Å². The zero-order valence-corrected chi connectivity index (χ0v) is 9.76. The number of rotatable bonds is 2. The average Bonchev–Trinajstić information content (AvgIpc) is 2.57. The van der Waals surface area contributed by atoms with Crippen LogP contribution < -0.4 is 0 Å². The van der Waals surface area contributed by atoms with E-state index in [4.69, 9.17) is 21.1 Å². The minimum atomic E-state index is -0.876. The van der Waals surface area contributed by atoms with Gasteiger partial charge in [0.25, 0.3) is 0 Å². The second-order valence-corrected chi connectivity index (χ2v) is 4.22. The lowest BCUT2D eigenvalue weighted by Crippen LogP contribution is -1.99. The minimum Gasteiger partial charge on any atom is -0.481 e. The Balaban J connectivity index is 2.71. The Morgan fingerprint density at radius 1 is 1.50 bits per heavy atom. The summed E-state index contributed by atoms with van der Waals surface area (Å²) < 4.78 is 5.34. The first-order chi connectivity index (χ1) is 7.50. The first-order valence-electron chi connectivity index (χ1n) is 4.88. The van der Waals surface area contributed by atoms with Crippen molar-refractivity contribution in [2.24, 2.45) is 0 Å². The first-order valence-corrected chi connectivity index (χ1v) is 5.26. The monoisotopic (exact) mass is 238 g/mol. The number of aliphatic carboxylic acids is 1. The highest BCUT2D eigenvalue weighted by molar-refractivity contribution is 6.33. The molecule has 0 aliphatic heterocycles. The van der Waals surface area contributed by atoms with Gasteiger partial charge in [0, 0.05) is 16.0 Å². The Hall–Kier alpha value is -1.48. The molecule has 1 N–H and O–H groups in total. The summed E-state index contributed by atoms with van der Waals surface area (Å²) in [6, 6.07) is 1.83. The van der Waals surface area contributed by atoms with Gasteiger partial charge in [0.05, 0.1) is 12.7 Å². The summed E-state index contributed by atoms with van der Waals surface area (Å²) >= 11 is 6.13. The maximum absolute atomic E-state index is 10.7. The van der Waals surface area contributed by atoms with E-state index in [1.165, 1.54) is 6.26 Å². The number of carboxylic acid groups (broad SMARTS) is 1. The van der Waals surface area contributed by atoms with E-state index < -0.39 is 5.97 Å². The number of halogens is 1. The van der Waals surface area contributed by atoms with Crippen molar-refractivity contribution in [1.29, 1.82) is 0 Å². The van der Waals surface area contributed by atoms with Gasteiger partial charge < -0.3 is 9.52 Å². The molecule has 1 aromatic carbocycles. The number of hydrogen-bond donors (Lipinski definition) is 1. The van der Waals surface area contributed by atoms with Crippen LogP contribution in [0.5, 0.6) is 0 Å². The standard InChI is InChI=1S/C12H11ClO3/c1-6-3-9-11(7(2)12(6)13)8(5-16-9)4-10(14)15/h3,5H,4H2,1-2H3,(H,14,15). The fraction of sp³-hybridized carbons (Fsp3) is 0.250. The molecule has 16 heavy (non-hydrogen) atoms. The van der Waals surface area contributed by atoms with Crippen molar-refractivity contribution < 1.29 is 14.3 Å². The molecular weight excluding hydrogens is 228 g/mol. The molecule has 0 saturated carbocycles. The number of aryl methyl sites for hydroxylation is 2. The van der Waals surface area contributed by atoms with Crippen molar-refractivity contribution in [3.05, 3.63) is 34.0 Å². The van der Waals surface area contributed by atoms with Gasteiger partial charge in [-0.1, -0.05) is 11.6 Å². The van der Waals surface area contributed by atoms with Gasteiger partial charge in [-0.15, -0.1) is 0 Å². The van der Waals surface area contributed by atoms with E-state index in [1.807, 2.05) is 19.9 Å². The van der Waals surface area contributed by atoms with Gasteiger partial charge in [-0.2, -0.15) is 0 Å². The van der Waals surface area contributed by atoms with Crippen LogP contribution in [0, 0.1) is 13.8 Å². The second kappa shape index (κ2) is 3.83. The van der Waals surface area contributed by atoms with Crippen LogP contribution in [0.15, 0.2) is 16.7 Å². The summed E-state index contributed by atoms with van der Waals surface area (Å²) in [5.41, 5.74) is 3.17. The third-order valence-corrected chi connectivity index (χ3v) is 3.22. The number of furan rings is 1. The minimum absolute atomic E-state index is 0.0484. The van der Waals surface area contributed by atoms with E-state index in [0.717, 1.165) is 16.5 Å². The summed E-state index contributed by atoms with van der Waals surface area (Å²) in [6.07, 6.45) is 1.44. The molecule has 0 fully saturated rings. The van der Waals surface area contributed by atoms with Gasteiger partial charge in [0.1, 0.15) is 5.58 Å². The second-order valence-electron chi connectivity index (χ2n) is 3.84. The van der Waals surface area contributed by atoms with Crippen molar-refractivity contribution in [3.8, 4) is 0 Å². The molecule has 0 radical (unpaired) electrons. The largest absolute Gasteiger partial charge is 0.481 e. The Morgan fingerprint density at radius 2 is 2.19 bits per heavy atom. The Bertz CT molecular complexity index is 569. The molecule has 0 bridgehead atoms. The molecule has 2 rings (SSSR count). The zero-order valence-electron chi connectivity index (χ0n) is 9.00. The van der Waals surface area contributed by atoms with Crippen LogP contribution in [0.25, 0.3) is 11.0 Å². The fourth-order valence-electron chi connectivity index (χ4n) is 1.90. The molecule has 0 aliphatic rings. The fourth-order valence-corrected chi connectivity index (χ4v) is 2.05. The average molecular weight is 239 g/mol. The summed E-state index contributed by atoms with van der Waals surface area (Å²) in [5.74, 6) is -0.876. The molecule has 1 aromatic heterocycles. The normalized spacial score (nSPS) is 10.9. The van der Waals surface area contributed by atoms with Gasteiger partial charge in [-0.05, 0) is 31.0 Å². The smallest absolute Gasteiger partial charge is 0.307 e. The molecule has 3 nitrogen and oxygen atoms in total. The number of benzene rings is 1. The topological polar surface area (TPSA) is 50.4 Å². The van der Waals surface area contributed by atoms with Crippen molar-refractivity contribution in [1.82, 2.24) is 0 Å². The maximum atomic E-state index is 10.7. The van der Waals surface area contributed by atoms with Crippen LogP contribution in [-0.2, 0) is 11.2 Å². The molecule has 0 unspecified atom stereocenters. The molecule has 0 aliphatic carbocycles. The van der Waals surface area contributed by atoms with E-state index in [2.05, 4.69) is 0 Å². The molecular formula is C12H11ClO3. The van der Waals surface area contributed by atoms with Crippen LogP contribution >= 0.6 is 11.6 Å². The Morgan fingerprint density at radius 3 is 2.81 bits per heavy atom. The Kier molecular flexibility index (Phi) is 2.64. The predicted molar refractivity (Wildman–Crippen MR) is 62.0 cm³/mol. The third-order valence-electron chi connectivity index (χ3n) is 2.64. The Labute approximate surface area is 97.6 Å². The van der Waals surface area contributed by atoms with Gasteiger partial charge in [-0.25, -0.2) is 0 Å². The van der Waals surface area contributed by atoms with Crippen LogP contribution in [0.4, 0.5) is 0 Å². The van der Waals surface area contributed by atoms with Crippen LogP contribution in [-0.4, -0.2) is 11.1 Å².